The van der Waals surface area contributed by atoms with Crippen molar-refractivity contribution in [3.05, 3.63) is 30.1 Å². The molecule has 0 spiro atoms. The molecule has 1 rings (SSSR count). The molecule has 2 N–H and O–H groups in total. The van der Waals surface area contributed by atoms with E-state index in [0.29, 0.717) is 5.69 Å². The fourth-order valence-electron chi connectivity index (χ4n) is 1.22. The highest BCUT2D eigenvalue weighted by molar-refractivity contribution is 8.00. The second kappa shape index (κ2) is 8.96. The van der Waals surface area contributed by atoms with Gasteiger partial charge in [0.2, 0.25) is 5.91 Å². The first-order chi connectivity index (χ1) is 10.0. The first kappa shape index (κ1) is 17.0. The summed E-state index contributed by atoms with van der Waals surface area (Å²) < 4.78 is 17.3. The molecule has 0 atom stereocenters. The highest BCUT2D eigenvalue weighted by Crippen LogP contribution is 2.09. The predicted octanol–water partition coefficient (Wildman–Crippen LogP) is 0.787. The third kappa shape index (κ3) is 7.31. The fourth-order valence-corrected chi connectivity index (χ4v) is 1.83. The number of hydrogen-bond donors (Lipinski definition) is 2. The Bertz CT molecular complexity index is 507. The van der Waals surface area contributed by atoms with Crippen molar-refractivity contribution in [3.63, 3.8) is 0 Å². The third-order valence-electron chi connectivity index (χ3n) is 2.22. The number of carbonyl (C=O) groups excluding carboxylic acids is 3. The molecule has 0 saturated carbocycles. The standard InChI is InChI=1S/C13H15FN2O4S/c1-15-11(17)6-20-13(19)8-21-7-12(18)16-10-4-2-9(14)3-5-10/h2-5H,6-8H2,1H3,(H,15,17)(H,16,18). The number of esters is 1. The molecule has 0 aliphatic rings. The molecule has 114 valence electrons. The number of amides is 2. The molecule has 0 saturated heterocycles. The van der Waals surface area contributed by atoms with Gasteiger partial charge < -0.3 is 15.4 Å². The van der Waals surface area contributed by atoms with Gasteiger partial charge in [-0.15, -0.1) is 11.8 Å². The van der Waals surface area contributed by atoms with E-state index in [1.54, 1.807) is 0 Å². The minimum Gasteiger partial charge on any atom is -0.455 e. The van der Waals surface area contributed by atoms with Crippen molar-refractivity contribution in [2.75, 3.05) is 30.5 Å². The number of anilines is 1. The highest BCUT2D eigenvalue weighted by atomic mass is 32.2. The largest absolute Gasteiger partial charge is 0.455 e. The van der Waals surface area contributed by atoms with Crippen molar-refractivity contribution < 1.29 is 23.5 Å². The van der Waals surface area contributed by atoms with E-state index >= 15 is 0 Å². The van der Waals surface area contributed by atoms with Crippen molar-refractivity contribution in [2.24, 2.45) is 0 Å². The van der Waals surface area contributed by atoms with Gasteiger partial charge in [-0.05, 0) is 24.3 Å². The number of likely N-dealkylation sites (N-methyl/N-ethyl adjacent to an activating group) is 1. The van der Waals surface area contributed by atoms with Crippen LogP contribution in [0.15, 0.2) is 24.3 Å². The van der Waals surface area contributed by atoms with Crippen molar-refractivity contribution in [1.82, 2.24) is 5.32 Å². The van der Waals surface area contributed by atoms with Crippen LogP contribution in [0.25, 0.3) is 0 Å². The lowest BCUT2D eigenvalue weighted by Gasteiger charge is -2.05. The Morgan fingerprint density at radius 2 is 1.81 bits per heavy atom. The fraction of sp³-hybridized carbons (Fsp3) is 0.308. The molecule has 0 radical (unpaired) electrons. The maximum atomic E-state index is 12.7. The summed E-state index contributed by atoms with van der Waals surface area (Å²) in [5.74, 6) is -1.66. The second-order valence-electron chi connectivity index (χ2n) is 3.88. The summed E-state index contributed by atoms with van der Waals surface area (Å²) in [6, 6.07) is 5.35. The number of halogens is 1. The lowest BCUT2D eigenvalue weighted by molar-refractivity contribution is -0.145. The summed E-state index contributed by atoms with van der Waals surface area (Å²) in [5.41, 5.74) is 0.476. The third-order valence-corrected chi connectivity index (χ3v) is 3.13. The molecule has 0 bridgehead atoms. The summed E-state index contributed by atoms with van der Waals surface area (Å²) in [4.78, 5) is 33.6. The topological polar surface area (TPSA) is 84.5 Å². The number of carbonyl (C=O) groups is 3. The maximum absolute atomic E-state index is 12.7. The van der Waals surface area contributed by atoms with E-state index in [9.17, 15) is 18.8 Å². The summed E-state index contributed by atoms with van der Waals surface area (Å²) in [7, 11) is 1.44. The molecule has 21 heavy (non-hydrogen) atoms. The summed E-state index contributed by atoms with van der Waals surface area (Å²) in [6.45, 7) is -0.336. The quantitative estimate of drug-likeness (QED) is 0.727. The van der Waals surface area contributed by atoms with Crippen LogP contribution < -0.4 is 10.6 Å². The minimum absolute atomic E-state index is 0.0339. The van der Waals surface area contributed by atoms with Gasteiger partial charge in [-0.1, -0.05) is 0 Å². The zero-order chi connectivity index (χ0) is 15.7. The monoisotopic (exact) mass is 314 g/mol. The van der Waals surface area contributed by atoms with Crippen LogP contribution in [0, 0.1) is 5.82 Å². The van der Waals surface area contributed by atoms with Crippen LogP contribution in [0.4, 0.5) is 10.1 Å². The molecule has 0 aromatic heterocycles. The van der Waals surface area contributed by atoms with Crippen molar-refractivity contribution in [2.45, 2.75) is 0 Å². The van der Waals surface area contributed by atoms with Crippen LogP contribution >= 0.6 is 11.8 Å². The van der Waals surface area contributed by atoms with Crippen LogP contribution in [0.3, 0.4) is 0 Å². The number of benzene rings is 1. The highest BCUT2D eigenvalue weighted by Gasteiger charge is 2.08. The van der Waals surface area contributed by atoms with Gasteiger partial charge in [0.1, 0.15) is 5.82 Å². The van der Waals surface area contributed by atoms with Crippen molar-refractivity contribution >= 4 is 35.2 Å². The summed E-state index contributed by atoms with van der Waals surface area (Å²) in [6.07, 6.45) is 0. The Labute approximate surface area is 125 Å². The van der Waals surface area contributed by atoms with Crippen LogP contribution in [0.1, 0.15) is 0 Å². The molecular weight excluding hydrogens is 299 g/mol. The summed E-state index contributed by atoms with van der Waals surface area (Å²) >= 11 is 1.06. The van der Waals surface area contributed by atoms with Gasteiger partial charge in [-0.2, -0.15) is 0 Å². The van der Waals surface area contributed by atoms with Gasteiger partial charge in [0.15, 0.2) is 6.61 Å². The van der Waals surface area contributed by atoms with Crippen molar-refractivity contribution in [3.8, 4) is 0 Å². The molecule has 0 aliphatic heterocycles. The van der Waals surface area contributed by atoms with E-state index in [4.69, 9.17) is 0 Å². The van der Waals surface area contributed by atoms with Gasteiger partial charge >= 0.3 is 5.97 Å². The van der Waals surface area contributed by atoms with Gasteiger partial charge in [0.25, 0.3) is 5.91 Å². The van der Waals surface area contributed by atoms with E-state index in [1.807, 2.05) is 0 Å². The lowest BCUT2D eigenvalue weighted by Crippen LogP contribution is -2.25. The average Bonchev–Trinajstić information content (AvgIpc) is 2.47. The number of rotatable bonds is 7. The molecule has 0 unspecified atom stereocenters. The molecule has 8 heteroatoms. The van der Waals surface area contributed by atoms with Gasteiger partial charge in [-0.25, -0.2) is 4.39 Å². The number of nitrogens with one attached hydrogen (secondary N) is 2. The average molecular weight is 314 g/mol. The molecule has 0 fully saturated rings. The van der Waals surface area contributed by atoms with E-state index in [0.717, 1.165) is 11.8 Å². The van der Waals surface area contributed by atoms with Crippen LogP contribution in [0.5, 0.6) is 0 Å². The normalized spacial score (nSPS) is 9.81. The Morgan fingerprint density at radius 3 is 2.43 bits per heavy atom. The molecule has 0 aliphatic carbocycles. The molecule has 2 amide bonds. The first-order valence-corrected chi connectivity index (χ1v) is 7.16. The van der Waals surface area contributed by atoms with Crippen LogP contribution in [0.2, 0.25) is 0 Å². The number of hydrogen-bond acceptors (Lipinski definition) is 5. The van der Waals surface area contributed by atoms with Gasteiger partial charge in [-0.3, -0.25) is 14.4 Å². The zero-order valence-electron chi connectivity index (χ0n) is 11.3. The summed E-state index contributed by atoms with van der Waals surface area (Å²) in [5, 5.41) is 4.87. The van der Waals surface area contributed by atoms with E-state index in [2.05, 4.69) is 15.4 Å². The molecular formula is C13H15FN2O4S. The Hall–Kier alpha value is -2.09. The molecule has 6 nitrogen and oxygen atoms in total. The Balaban J connectivity index is 2.20. The predicted molar refractivity (Wildman–Crippen MR) is 77.4 cm³/mol. The van der Waals surface area contributed by atoms with Crippen LogP contribution in [-0.2, 0) is 19.1 Å². The zero-order valence-corrected chi connectivity index (χ0v) is 12.2. The second-order valence-corrected chi connectivity index (χ2v) is 4.87. The van der Waals surface area contributed by atoms with E-state index < -0.39 is 11.9 Å². The lowest BCUT2D eigenvalue weighted by atomic mass is 10.3. The number of thioether (sulfide) groups is 1. The SMILES string of the molecule is CNC(=O)COC(=O)CSCC(=O)Nc1ccc(F)cc1. The van der Waals surface area contributed by atoms with Gasteiger partial charge in [0.05, 0.1) is 11.5 Å². The minimum atomic E-state index is -0.571. The van der Waals surface area contributed by atoms with E-state index in [1.165, 1.54) is 31.3 Å². The van der Waals surface area contributed by atoms with Gasteiger partial charge in [0, 0.05) is 12.7 Å². The Morgan fingerprint density at radius 1 is 1.14 bits per heavy atom. The van der Waals surface area contributed by atoms with Crippen LogP contribution in [-0.4, -0.2) is 42.9 Å². The maximum Gasteiger partial charge on any atom is 0.316 e. The smallest absolute Gasteiger partial charge is 0.316 e. The first-order valence-electron chi connectivity index (χ1n) is 6.00. The number of ether oxygens (including phenoxy) is 1. The van der Waals surface area contributed by atoms with Crippen molar-refractivity contribution in [1.29, 1.82) is 0 Å². The molecule has 1 aromatic carbocycles. The molecule has 1 aromatic rings. The molecule has 0 heterocycles. The van der Waals surface area contributed by atoms with E-state index in [-0.39, 0.29) is 29.8 Å². The Kier molecular flexibility index (Phi) is 7.24.